The lowest BCUT2D eigenvalue weighted by Crippen LogP contribution is -2.67. The smallest absolute Gasteiger partial charge is 0.409 e. The van der Waals surface area contributed by atoms with Crippen LogP contribution in [0.5, 0.6) is 0 Å². The minimum absolute atomic E-state index is 0.00190. The van der Waals surface area contributed by atoms with Gasteiger partial charge >= 0.3 is 12.1 Å². The van der Waals surface area contributed by atoms with Gasteiger partial charge in [0.1, 0.15) is 17.3 Å². The normalized spacial score (nSPS) is 22.5. The maximum atomic E-state index is 13.6. The lowest BCUT2D eigenvalue weighted by atomic mass is 9.97. The molecule has 0 aliphatic carbocycles. The second-order valence-electron chi connectivity index (χ2n) is 8.21. The molecule has 3 heterocycles. The van der Waals surface area contributed by atoms with Crippen LogP contribution in [0.3, 0.4) is 0 Å². The summed E-state index contributed by atoms with van der Waals surface area (Å²) < 4.78 is 51.6. The molecule has 2 unspecified atom stereocenters. The van der Waals surface area contributed by atoms with Gasteiger partial charge in [0, 0.05) is 31.5 Å². The number of hydrogen-bond donors (Lipinski definition) is 1. The van der Waals surface area contributed by atoms with E-state index in [0.29, 0.717) is 11.3 Å². The van der Waals surface area contributed by atoms with Crippen LogP contribution in [0.4, 0.5) is 9.18 Å². The standard InChI is InChI=1S/C22H24FN3O7S/c1-32-9-10-33-21(29)25-13-17-7-8-22(14-25,20(27)28)26(17)34(30,31)18-5-6-19(24-12-18)15-3-2-4-16(23)11-15/h2-6,11-12,17H,7-10,13-14H2,1H3,(H,27,28). The Morgan fingerprint density at radius 1 is 1.26 bits per heavy atom. The fraction of sp³-hybridized carbons (Fsp3) is 0.409. The first kappa shape index (κ1) is 24.0. The average Bonchev–Trinajstić information content (AvgIpc) is 3.08. The molecule has 0 spiro atoms. The van der Waals surface area contributed by atoms with Crippen LogP contribution in [0.15, 0.2) is 47.5 Å². The van der Waals surface area contributed by atoms with E-state index in [1.807, 2.05) is 0 Å². The first-order valence-corrected chi connectivity index (χ1v) is 12.0. The van der Waals surface area contributed by atoms with E-state index in [1.165, 1.54) is 42.3 Å². The van der Waals surface area contributed by atoms with E-state index in [-0.39, 0.29) is 44.0 Å². The molecule has 10 nitrogen and oxygen atoms in total. The maximum Gasteiger partial charge on any atom is 0.409 e. The number of halogens is 1. The Morgan fingerprint density at radius 2 is 2.06 bits per heavy atom. The molecule has 1 aromatic carbocycles. The van der Waals surface area contributed by atoms with Crippen molar-refractivity contribution in [3.8, 4) is 11.3 Å². The third kappa shape index (κ3) is 4.24. The van der Waals surface area contributed by atoms with Crippen LogP contribution in [0.1, 0.15) is 12.8 Å². The largest absolute Gasteiger partial charge is 0.480 e. The number of carboxylic acids is 1. The third-order valence-corrected chi connectivity index (χ3v) is 8.11. The molecule has 2 saturated heterocycles. The van der Waals surface area contributed by atoms with Crippen LogP contribution < -0.4 is 0 Å². The van der Waals surface area contributed by atoms with Crippen molar-refractivity contribution in [1.29, 1.82) is 0 Å². The summed E-state index contributed by atoms with van der Waals surface area (Å²) in [6, 6.07) is 7.77. The number of nitrogens with zero attached hydrogens (tertiary/aromatic N) is 3. The van der Waals surface area contributed by atoms with E-state index in [1.54, 1.807) is 6.07 Å². The molecule has 2 fully saturated rings. The van der Waals surface area contributed by atoms with E-state index in [2.05, 4.69) is 4.98 Å². The number of hydrogen-bond acceptors (Lipinski definition) is 7. The van der Waals surface area contributed by atoms with Gasteiger partial charge in [-0.25, -0.2) is 17.6 Å². The van der Waals surface area contributed by atoms with Crippen molar-refractivity contribution in [2.45, 2.75) is 29.3 Å². The topological polar surface area (TPSA) is 126 Å². The minimum Gasteiger partial charge on any atom is -0.480 e. The van der Waals surface area contributed by atoms with Crippen LogP contribution in [0.2, 0.25) is 0 Å². The number of rotatable bonds is 7. The minimum atomic E-state index is -4.26. The molecule has 2 aliphatic rings. The Balaban J connectivity index is 1.61. The number of pyridine rings is 1. The number of aliphatic carboxylic acids is 1. The van der Waals surface area contributed by atoms with Crippen LogP contribution in [-0.2, 0) is 24.3 Å². The van der Waals surface area contributed by atoms with Gasteiger partial charge in [0.15, 0.2) is 5.54 Å². The second-order valence-corrected chi connectivity index (χ2v) is 10.0. The molecule has 0 saturated carbocycles. The lowest BCUT2D eigenvalue weighted by Gasteiger charge is -2.44. The van der Waals surface area contributed by atoms with Crippen molar-refractivity contribution in [3.05, 3.63) is 48.4 Å². The molecule has 12 heteroatoms. The molecule has 1 amide bonds. The molecule has 1 aromatic heterocycles. The van der Waals surface area contributed by atoms with E-state index in [9.17, 15) is 27.5 Å². The number of sulfonamides is 1. The second kappa shape index (κ2) is 9.28. The van der Waals surface area contributed by atoms with Crippen LogP contribution in [-0.4, -0.2) is 84.8 Å². The molecule has 2 aromatic rings. The molecule has 2 atom stereocenters. The number of ether oxygens (including phenoxy) is 2. The van der Waals surface area contributed by atoms with Gasteiger partial charge in [0.25, 0.3) is 0 Å². The van der Waals surface area contributed by atoms with Gasteiger partial charge in [-0.3, -0.25) is 9.78 Å². The Morgan fingerprint density at radius 3 is 2.71 bits per heavy atom. The summed E-state index contributed by atoms with van der Waals surface area (Å²) in [5.41, 5.74) is -0.965. The predicted molar refractivity (Wildman–Crippen MR) is 117 cm³/mol. The van der Waals surface area contributed by atoms with Gasteiger partial charge in [-0.1, -0.05) is 12.1 Å². The van der Waals surface area contributed by atoms with E-state index < -0.39 is 39.5 Å². The predicted octanol–water partition coefficient (Wildman–Crippen LogP) is 1.96. The van der Waals surface area contributed by atoms with Crippen molar-refractivity contribution in [2.24, 2.45) is 0 Å². The van der Waals surface area contributed by atoms with Crippen LogP contribution >= 0.6 is 0 Å². The van der Waals surface area contributed by atoms with Gasteiger partial charge in [-0.2, -0.15) is 4.31 Å². The molecule has 2 aliphatic heterocycles. The monoisotopic (exact) mass is 493 g/mol. The SMILES string of the molecule is COCCOC(=O)N1CC2CCC(C(=O)O)(C1)N2S(=O)(=O)c1ccc(-c2cccc(F)c2)nc1. The van der Waals surface area contributed by atoms with Gasteiger partial charge in [0.2, 0.25) is 10.0 Å². The number of aromatic nitrogens is 1. The number of benzene rings is 1. The molecule has 2 bridgehead atoms. The van der Waals surface area contributed by atoms with E-state index >= 15 is 0 Å². The van der Waals surface area contributed by atoms with E-state index in [4.69, 9.17) is 9.47 Å². The summed E-state index contributed by atoms with van der Waals surface area (Å²) in [5, 5.41) is 10.1. The van der Waals surface area contributed by atoms with Crippen molar-refractivity contribution >= 4 is 22.1 Å². The van der Waals surface area contributed by atoms with Crippen molar-refractivity contribution in [2.75, 3.05) is 33.4 Å². The zero-order chi connectivity index (χ0) is 24.5. The van der Waals surface area contributed by atoms with Gasteiger partial charge in [-0.05, 0) is 37.1 Å². The van der Waals surface area contributed by atoms with Crippen molar-refractivity contribution < 1.29 is 37.0 Å². The summed E-state index contributed by atoms with van der Waals surface area (Å²) in [5.74, 6) is -1.79. The first-order chi connectivity index (χ1) is 16.2. The number of piperazine rings is 1. The van der Waals surface area contributed by atoms with E-state index in [0.717, 1.165) is 10.5 Å². The summed E-state index contributed by atoms with van der Waals surface area (Å²) in [7, 11) is -2.81. The zero-order valence-corrected chi connectivity index (χ0v) is 19.2. The quantitative estimate of drug-likeness (QED) is 0.580. The summed E-state index contributed by atoms with van der Waals surface area (Å²) in [6.45, 7) is -0.137. The Bertz CT molecular complexity index is 1190. The highest BCUT2D eigenvalue weighted by Gasteiger charge is 2.62. The molecular weight excluding hydrogens is 469 g/mol. The lowest BCUT2D eigenvalue weighted by molar-refractivity contribution is -0.150. The Hall–Kier alpha value is -3.09. The van der Waals surface area contributed by atoms with Crippen LogP contribution in [0, 0.1) is 5.82 Å². The molecular formula is C22H24FN3O7S. The molecule has 4 rings (SSSR count). The summed E-state index contributed by atoms with van der Waals surface area (Å²) in [6.07, 6.45) is 0.758. The molecule has 34 heavy (non-hydrogen) atoms. The Labute approximate surface area is 196 Å². The van der Waals surface area contributed by atoms with Gasteiger partial charge < -0.3 is 19.5 Å². The highest BCUT2D eigenvalue weighted by Crippen LogP contribution is 2.43. The maximum absolute atomic E-state index is 13.6. The van der Waals surface area contributed by atoms with Gasteiger partial charge in [0.05, 0.1) is 18.8 Å². The van der Waals surface area contributed by atoms with Crippen LogP contribution in [0.25, 0.3) is 11.3 Å². The number of methoxy groups -OCH3 is 1. The average molecular weight is 494 g/mol. The van der Waals surface area contributed by atoms with Crippen molar-refractivity contribution in [3.63, 3.8) is 0 Å². The molecule has 0 radical (unpaired) electrons. The fourth-order valence-corrected chi connectivity index (χ4v) is 6.44. The fourth-order valence-electron chi connectivity index (χ4n) is 4.53. The zero-order valence-electron chi connectivity index (χ0n) is 18.4. The number of fused-ring (bicyclic) bond motifs is 2. The first-order valence-electron chi connectivity index (χ1n) is 10.6. The number of carbonyl (C=O) groups excluding carboxylic acids is 1. The van der Waals surface area contributed by atoms with Crippen molar-refractivity contribution in [1.82, 2.24) is 14.2 Å². The number of likely N-dealkylation sites (tertiary alicyclic amines) is 1. The highest BCUT2D eigenvalue weighted by atomic mass is 32.2. The third-order valence-electron chi connectivity index (χ3n) is 6.11. The summed E-state index contributed by atoms with van der Waals surface area (Å²) >= 11 is 0. The highest BCUT2D eigenvalue weighted by molar-refractivity contribution is 7.89. The number of amides is 1. The molecule has 182 valence electrons. The Kier molecular flexibility index (Phi) is 6.56. The molecule has 1 N–H and O–H groups in total. The summed E-state index contributed by atoms with van der Waals surface area (Å²) in [4.78, 5) is 30.0. The van der Waals surface area contributed by atoms with Gasteiger partial charge in [-0.15, -0.1) is 0 Å². The number of carbonyl (C=O) groups is 2. The number of carboxylic acid groups (broad SMARTS) is 1.